The molecule has 3 aliphatic rings. The Morgan fingerprint density at radius 2 is 1.65 bits per heavy atom. The number of carbonyl (C=O) groups excluding carboxylic acids is 1. The largest absolute Gasteiger partial charge is 0.440 e. The Kier molecular flexibility index (Phi) is 7.12. The number of nitrogens with one attached hydrogen (secondary N) is 1. The molecule has 0 unspecified atom stereocenters. The van der Waals surface area contributed by atoms with Crippen LogP contribution in [0.1, 0.15) is 42.9 Å². The number of amides is 1. The number of aliphatic hydroxyl groups is 1. The number of thioether (sulfide) groups is 3. The highest BCUT2D eigenvalue weighted by Crippen LogP contribution is 2.46. The molecule has 9 nitrogen and oxygen atoms in total. The first-order chi connectivity index (χ1) is 17.7. The van der Waals surface area contributed by atoms with Crippen molar-refractivity contribution in [3.8, 4) is 0 Å². The van der Waals surface area contributed by atoms with Crippen LogP contribution >= 0.6 is 35.3 Å². The van der Waals surface area contributed by atoms with Gasteiger partial charge in [0.25, 0.3) is 5.91 Å². The molecular weight excluding hydrogens is 529 g/mol. The summed E-state index contributed by atoms with van der Waals surface area (Å²) in [6.07, 6.45) is 1.83. The second-order valence-electron chi connectivity index (χ2n) is 9.59. The third kappa shape index (κ3) is 5.04. The number of carbonyl (C=O) groups is 1. The second-order valence-corrected chi connectivity index (χ2v) is 12.5. The zero-order valence-electron chi connectivity index (χ0n) is 21.0. The fourth-order valence-electron chi connectivity index (χ4n) is 4.09. The lowest BCUT2D eigenvalue weighted by molar-refractivity contribution is 0.0953. The maximum absolute atomic E-state index is 12.2. The Balaban J connectivity index is 1.37. The molecule has 4 heterocycles. The number of aliphatic imine (C=N–C) groups is 4. The normalized spacial score (nSPS) is 29.5. The molecule has 0 saturated carbocycles. The van der Waals surface area contributed by atoms with Crippen molar-refractivity contribution in [1.82, 2.24) is 10.3 Å². The average Bonchev–Trinajstić information content (AvgIpc) is 3.69. The van der Waals surface area contributed by atoms with Crippen molar-refractivity contribution in [2.24, 2.45) is 20.0 Å². The number of hydrogen-bond acceptors (Lipinski definition) is 11. The van der Waals surface area contributed by atoms with Crippen LogP contribution in [-0.2, 0) is 12.1 Å². The van der Waals surface area contributed by atoms with E-state index in [2.05, 4.69) is 29.1 Å². The number of benzene rings is 1. The number of para-hydroxylation sites is 1. The molecule has 1 aromatic carbocycles. The van der Waals surface area contributed by atoms with Crippen LogP contribution in [0.4, 0.5) is 5.69 Å². The van der Waals surface area contributed by atoms with Crippen LogP contribution in [0.25, 0.3) is 0 Å². The molecule has 0 spiro atoms. The number of oxazole rings is 1. The lowest BCUT2D eigenvalue weighted by Gasteiger charge is -2.20. The van der Waals surface area contributed by atoms with Crippen molar-refractivity contribution in [3.63, 3.8) is 0 Å². The molecule has 0 fully saturated rings. The van der Waals surface area contributed by atoms with E-state index >= 15 is 0 Å². The van der Waals surface area contributed by atoms with Crippen LogP contribution in [0, 0.1) is 0 Å². The summed E-state index contributed by atoms with van der Waals surface area (Å²) in [6.45, 7) is 5.74. The minimum Gasteiger partial charge on any atom is -0.440 e. The summed E-state index contributed by atoms with van der Waals surface area (Å²) in [4.78, 5) is 36.2. The summed E-state index contributed by atoms with van der Waals surface area (Å²) >= 11 is 5.05. The van der Waals surface area contributed by atoms with Gasteiger partial charge >= 0.3 is 0 Å². The molecule has 2 aromatic rings. The number of hydrogen-bond donors (Lipinski definition) is 2. The average molecular weight is 557 g/mol. The Morgan fingerprint density at radius 3 is 2.32 bits per heavy atom. The second kappa shape index (κ2) is 10.0. The zero-order chi connectivity index (χ0) is 26.3. The predicted molar refractivity (Wildman–Crippen MR) is 154 cm³/mol. The van der Waals surface area contributed by atoms with E-state index in [0.29, 0.717) is 11.6 Å². The summed E-state index contributed by atoms with van der Waals surface area (Å²) in [5.41, 5.74) is -0.650. The van der Waals surface area contributed by atoms with Crippen molar-refractivity contribution in [3.05, 3.63) is 47.7 Å². The van der Waals surface area contributed by atoms with Crippen LogP contribution in [-0.4, -0.2) is 72.7 Å². The van der Waals surface area contributed by atoms with E-state index in [-0.39, 0.29) is 11.5 Å². The molecule has 0 radical (unpaired) electrons. The van der Waals surface area contributed by atoms with Crippen molar-refractivity contribution in [1.29, 1.82) is 0 Å². The van der Waals surface area contributed by atoms with Gasteiger partial charge in [-0.25, -0.2) is 4.98 Å². The van der Waals surface area contributed by atoms with Crippen molar-refractivity contribution in [2.75, 3.05) is 24.3 Å². The summed E-state index contributed by atoms with van der Waals surface area (Å²) in [5.74, 6) is 2.25. The van der Waals surface area contributed by atoms with Crippen LogP contribution in [0.5, 0.6) is 0 Å². The molecule has 194 valence electrons. The Bertz CT molecular complexity index is 1340. The molecule has 3 aliphatic heterocycles. The van der Waals surface area contributed by atoms with Crippen LogP contribution in [0.2, 0.25) is 0 Å². The fraction of sp³-hybridized carbons (Fsp3) is 0.440. The van der Waals surface area contributed by atoms with E-state index in [9.17, 15) is 9.90 Å². The van der Waals surface area contributed by atoms with Gasteiger partial charge in [0.05, 0.1) is 22.0 Å². The molecule has 0 saturated heterocycles. The van der Waals surface area contributed by atoms with Gasteiger partial charge in [-0.2, -0.15) is 0 Å². The highest BCUT2D eigenvalue weighted by atomic mass is 32.2. The lowest BCUT2D eigenvalue weighted by Crippen LogP contribution is -2.33. The number of nitrogens with zero attached hydrogens (tertiary/aromatic N) is 5. The lowest BCUT2D eigenvalue weighted by atomic mass is 10.0. The standard InChI is InChI=1S/C25H28N6O3S3/c1-23(20-28-18(19(33)26-4)16(11-32)34-20)12-36-22(30-23)25(3)14-37-21(31-25)24(2)13-35-17(29-24)10-27-15-8-6-5-7-9-15/h5-10,32H,11-14H2,1-4H3,(H,26,33)/t23-,24-,25-/m0/s1. The van der Waals surface area contributed by atoms with E-state index < -0.39 is 29.1 Å². The van der Waals surface area contributed by atoms with Gasteiger partial charge < -0.3 is 14.8 Å². The minimum absolute atomic E-state index is 0.0916. The van der Waals surface area contributed by atoms with Gasteiger partial charge in [-0.3, -0.25) is 24.8 Å². The van der Waals surface area contributed by atoms with Gasteiger partial charge in [0.2, 0.25) is 5.89 Å². The number of aliphatic hydroxyl groups excluding tert-OH is 1. The van der Waals surface area contributed by atoms with Crippen LogP contribution in [0.15, 0.2) is 54.7 Å². The van der Waals surface area contributed by atoms with Gasteiger partial charge in [0.1, 0.15) is 28.3 Å². The van der Waals surface area contributed by atoms with Gasteiger partial charge in [-0.15, -0.1) is 35.3 Å². The molecular formula is C25H28N6O3S3. The van der Waals surface area contributed by atoms with Crippen molar-refractivity contribution >= 4 is 68.2 Å². The van der Waals surface area contributed by atoms with Gasteiger partial charge in [-0.1, -0.05) is 18.2 Å². The third-order valence-electron chi connectivity index (χ3n) is 6.28. The van der Waals surface area contributed by atoms with E-state index in [1.54, 1.807) is 35.3 Å². The van der Waals surface area contributed by atoms with E-state index in [1.165, 1.54) is 7.05 Å². The quantitative estimate of drug-likeness (QED) is 0.492. The van der Waals surface area contributed by atoms with E-state index in [1.807, 2.05) is 43.5 Å². The topological polar surface area (TPSA) is 125 Å². The first-order valence-corrected chi connectivity index (χ1v) is 14.7. The number of aromatic nitrogens is 1. The molecule has 37 heavy (non-hydrogen) atoms. The molecule has 12 heteroatoms. The van der Waals surface area contributed by atoms with E-state index in [4.69, 9.17) is 19.4 Å². The minimum atomic E-state index is -0.755. The Morgan fingerprint density at radius 1 is 1.03 bits per heavy atom. The molecule has 3 atom stereocenters. The molecule has 1 aromatic heterocycles. The van der Waals surface area contributed by atoms with Crippen molar-refractivity contribution < 1.29 is 14.3 Å². The third-order valence-corrected chi connectivity index (χ3v) is 10.5. The van der Waals surface area contributed by atoms with Crippen LogP contribution in [0.3, 0.4) is 0 Å². The Labute approximate surface area is 228 Å². The maximum Gasteiger partial charge on any atom is 0.273 e. The zero-order valence-corrected chi connectivity index (χ0v) is 23.5. The summed E-state index contributed by atoms with van der Waals surface area (Å²) < 4.78 is 5.79. The number of rotatable bonds is 7. The first kappa shape index (κ1) is 26.2. The fourth-order valence-corrected chi connectivity index (χ4v) is 7.91. The highest BCUT2D eigenvalue weighted by molar-refractivity contribution is 8.17. The summed E-state index contributed by atoms with van der Waals surface area (Å²) in [5, 5.41) is 15.0. The van der Waals surface area contributed by atoms with Gasteiger partial charge in [0.15, 0.2) is 11.5 Å². The molecule has 0 bridgehead atoms. The first-order valence-electron chi connectivity index (χ1n) is 11.8. The van der Waals surface area contributed by atoms with Crippen molar-refractivity contribution in [2.45, 2.75) is 44.0 Å². The van der Waals surface area contributed by atoms with E-state index in [0.717, 1.165) is 32.3 Å². The monoisotopic (exact) mass is 556 g/mol. The maximum atomic E-state index is 12.2. The molecule has 2 N–H and O–H groups in total. The summed E-state index contributed by atoms with van der Waals surface area (Å²) in [7, 11) is 1.52. The predicted octanol–water partition coefficient (Wildman–Crippen LogP) is 4.10. The SMILES string of the molecule is CNC(=O)c1nc([C@]2(C)CSC([C@]3(C)CSC([C@]4(C)CSC(C=Nc5ccccc5)=N4)=N3)=N2)oc1CO. The highest BCUT2D eigenvalue weighted by Gasteiger charge is 2.48. The molecule has 5 rings (SSSR count). The molecule has 0 aliphatic carbocycles. The van der Waals surface area contributed by atoms with Gasteiger partial charge in [0, 0.05) is 24.3 Å². The smallest absolute Gasteiger partial charge is 0.273 e. The van der Waals surface area contributed by atoms with Gasteiger partial charge in [-0.05, 0) is 32.9 Å². The molecule has 1 amide bonds. The van der Waals surface area contributed by atoms with Crippen LogP contribution < -0.4 is 5.32 Å². The summed E-state index contributed by atoms with van der Waals surface area (Å²) in [6, 6.07) is 9.84. The Hall–Kier alpha value is -2.41.